The van der Waals surface area contributed by atoms with E-state index in [-0.39, 0.29) is 11.2 Å². The molecule has 0 amide bonds. The summed E-state index contributed by atoms with van der Waals surface area (Å²) in [6, 6.07) is 6.97. The SMILES string of the molecule is CC(=O)Cc1ccc2[nH]c3c(c2c1)CCN1CC2CC(CCN)C1C3(CN)C2. The number of nitrogens with one attached hydrogen (secondary N) is 1. The Bertz CT molecular complexity index is 919. The van der Waals surface area contributed by atoms with Crippen LogP contribution in [-0.2, 0) is 23.1 Å². The lowest BCUT2D eigenvalue weighted by Gasteiger charge is -2.59. The monoisotopic (exact) mass is 380 g/mol. The van der Waals surface area contributed by atoms with E-state index in [1.807, 2.05) is 0 Å². The third kappa shape index (κ3) is 2.60. The Hall–Kier alpha value is -1.69. The summed E-state index contributed by atoms with van der Waals surface area (Å²) in [6.45, 7) is 5.42. The van der Waals surface area contributed by atoms with Crippen LogP contribution in [0.2, 0.25) is 0 Å². The molecule has 2 aromatic rings. The van der Waals surface area contributed by atoms with E-state index in [4.69, 9.17) is 11.5 Å². The van der Waals surface area contributed by atoms with Crippen LogP contribution in [0.3, 0.4) is 0 Å². The Kier molecular flexibility index (Phi) is 4.38. The number of nitrogens with two attached hydrogens (primary N) is 2. The molecule has 2 saturated heterocycles. The van der Waals surface area contributed by atoms with Gasteiger partial charge in [-0.2, -0.15) is 0 Å². The van der Waals surface area contributed by atoms with E-state index in [9.17, 15) is 4.79 Å². The van der Waals surface area contributed by atoms with Crippen LogP contribution in [0.1, 0.15) is 43.0 Å². The van der Waals surface area contributed by atoms with Crippen molar-refractivity contribution in [1.29, 1.82) is 0 Å². The zero-order valence-corrected chi connectivity index (χ0v) is 16.8. The first kappa shape index (κ1) is 18.3. The summed E-state index contributed by atoms with van der Waals surface area (Å²) in [4.78, 5) is 18.2. The van der Waals surface area contributed by atoms with Gasteiger partial charge in [-0.25, -0.2) is 0 Å². The molecule has 0 radical (unpaired) electrons. The fourth-order valence-corrected chi connectivity index (χ4v) is 6.87. The summed E-state index contributed by atoms with van der Waals surface area (Å²) in [7, 11) is 0. The van der Waals surface area contributed by atoms with Gasteiger partial charge in [0.2, 0.25) is 0 Å². The summed E-state index contributed by atoms with van der Waals surface area (Å²) in [6.07, 6.45) is 5.15. The number of hydrogen-bond donors (Lipinski definition) is 3. The van der Waals surface area contributed by atoms with Crippen molar-refractivity contribution in [2.24, 2.45) is 23.3 Å². The molecule has 5 unspecified atom stereocenters. The van der Waals surface area contributed by atoms with Gasteiger partial charge in [-0.15, -0.1) is 0 Å². The molecule has 4 heterocycles. The number of carbonyl (C=O) groups is 1. The number of hydrogen-bond acceptors (Lipinski definition) is 4. The van der Waals surface area contributed by atoms with E-state index in [0.29, 0.717) is 24.9 Å². The summed E-state index contributed by atoms with van der Waals surface area (Å²) in [5.41, 5.74) is 17.7. The van der Waals surface area contributed by atoms with Crippen molar-refractivity contribution < 1.29 is 4.79 Å². The van der Waals surface area contributed by atoms with Crippen molar-refractivity contribution >= 4 is 16.7 Å². The fraction of sp³-hybridized carbons (Fsp3) is 0.609. The molecule has 5 atom stereocenters. The lowest BCUT2D eigenvalue weighted by molar-refractivity contribution is -0.116. The molecular formula is C23H32N4O. The third-order valence-corrected chi connectivity index (χ3v) is 7.66. The van der Waals surface area contributed by atoms with Gasteiger partial charge >= 0.3 is 0 Å². The van der Waals surface area contributed by atoms with E-state index < -0.39 is 0 Å². The molecule has 1 saturated carbocycles. The summed E-state index contributed by atoms with van der Waals surface area (Å²) < 4.78 is 0. The first-order chi connectivity index (χ1) is 13.6. The predicted octanol–water partition coefficient (Wildman–Crippen LogP) is 2.11. The quantitative estimate of drug-likeness (QED) is 0.741. The van der Waals surface area contributed by atoms with Crippen molar-refractivity contribution in [1.82, 2.24) is 9.88 Å². The van der Waals surface area contributed by atoms with Crippen molar-refractivity contribution in [2.45, 2.75) is 50.5 Å². The number of aromatic nitrogens is 1. The van der Waals surface area contributed by atoms with Gasteiger partial charge < -0.3 is 16.5 Å². The van der Waals surface area contributed by atoms with Crippen molar-refractivity contribution in [3.63, 3.8) is 0 Å². The highest BCUT2D eigenvalue weighted by Crippen LogP contribution is 2.54. The average Bonchev–Trinajstić information content (AvgIpc) is 3.00. The zero-order chi connectivity index (χ0) is 19.5. The average molecular weight is 381 g/mol. The number of H-pyrrole nitrogens is 1. The minimum atomic E-state index is 0.00654. The van der Waals surface area contributed by atoms with Gasteiger partial charge in [-0.05, 0) is 74.2 Å². The van der Waals surface area contributed by atoms with E-state index in [1.54, 1.807) is 6.92 Å². The Labute approximate surface area is 166 Å². The van der Waals surface area contributed by atoms with Crippen molar-refractivity contribution in [2.75, 3.05) is 26.2 Å². The number of Topliss-reactive ketones (excluding diaryl/α,β-unsaturated/α-hetero) is 1. The Balaban J connectivity index is 1.67. The first-order valence-electron chi connectivity index (χ1n) is 10.8. The normalized spacial score (nSPS) is 33.7. The van der Waals surface area contributed by atoms with E-state index in [2.05, 4.69) is 28.1 Å². The number of carbonyl (C=O) groups excluding carboxylic acids is 1. The van der Waals surface area contributed by atoms with Crippen molar-refractivity contribution in [3.8, 4) is 0 Å². The summed E-state index contributed by atoms with van der Waals surface area (Å²) >= 11 is 0. The zero-order valence-electron chi connectivity index (χ0n) is 16.8. The van der Waals surface area contributed by atoms with Gasteiger partial charge in [0.25, 0.3) is 0 Å². The molecule has 4 aliphatic rings. The minimum Gasteiger partial charge on any atom is -0.358 e. The maximum atomic E-state index is 11.6. The number of ketones is 1. The first-order valence-corrected chi connectivity index (χ1v) is 10.8. The van der Waals surface area contributed by atoms with Crippen LogP contribution in [0, 0.1) is 11.8 Å². The molecule has 1 aliphatic carbocycles. The van der Waals surface area contributed by atoms with Crippen molar-refractivity contribution in [3.05, 3.63) is 35.0 Å². The standard InChI is InChI=1S/C23H32N4O/c1-14(28)8-15-2-3-20-19(10-15)18-5-7-27-12-16-9-17(4-6-24)22(27)23(11-16,13-25)21(18)26-20/h2-3,10,16-17,22,26H,4-9,11-13,24-25H2,1H3. The minimum absolute atomic E-state index is 0.00654. The number of nitrogens with zero attached hydrogens (tertiary/aromatic N) is 1. The lowest BCUT2D eigenvalue weighted by Crippen LogP contribution is -2.66. The molecule has 0 spiro atoms. The number of rotatable bonds is 5. The van der Waals surface area contributed by atoms with Gasteiger partial charge in [0.15, 0.2) is 0 Å². The summed E-state index contributed by atoms with van der Waals surface area (Å²) in [5, 5.41) is 1.29. The van der Waals surface area contributed by atoms with Crippen LogP contribution in [0.15, 0.2) is 18.2 Å². The maximum absolute atomic E-state index is 11.6. The van der Waals surface area contributed by atoms with Gasteiger partial charge in [-0.1, -0.05) is 6.07 Å². The topological polar surface area (TPSA) is 88.1 Å². The van der Waals surface area contributed by atoms with Gasteiger partial charge in [0.05, 0.1) is 0 Å². The molecule has 3 fully saturated rings. The fourth-order valence-electron chi connectivity index (χ4n) is 6.87. The predicted molar refractivity (Wildman–Crippen MR) is 112 cm³/mol. The highest BCUT2D eigenvalue weighted by molar-refractivity contribution is 5.88. The third-order valence-electron chi connectivity index (χ3n) is 7.66. The molecule has 5 nitrogen and oxygen atoms in total. The molecule has 28 heavy (non-hydrogen) atoms. The smallest absolute Gasteiger partial charge is 0.134 e. The Morgan fingerprint density at radius 3 is 2.96 bits per heavy atom. The van der Waals surface area contributed by atoms with Gasteiger partial charge in [0.1, 0.15) is 5.78 Å². The summed E-state index contributed by atoms with van der Waals surface area (Å²) in [5.74, 6) is 1.57. The molecule has 5 heteroatoms. The highest BCUT2D eigenvalue weighted by Gasteiger charge is 2.57. The number of aromatic amines is 1. The molecule has 5 N–H and O–H groups in total. The van der Waals surface area contributed by atoms with Crippen LogP contribution in [0.4, 0.5) is 0 Å². The number of fused-ring (bicyclic) bond motifs is 4. The molecular weight excluding hydrogens is 348 g/mol. The molecule has 1 aromatic carbocycles. The van der Waals surface area contributed by atoms with E-state index in [1.165, 1.54) is 41.5 Å². The second-order valence-electron chi connectivity index (χ2n) is 9.43. The molecule has 6 rings (SSSR count). The Morgan fingerprint density at radius 2 is 2.21 bits per heavy atom. The number of piperidine rings is 2. The van der Waals surface area contributed by atoms with Crippen LogP contribution in [0.25, 0.3) is 10.9 Å². The van der Waals surface area contributed by atoms with Gasteiger partial charge in [0, 0.05) is 54.1 Å². The van der Waals surface area contributed by atoms with Crippen LogP contribution >= 0.6 is 0 Å². The highest BCUT2D eigenvalue weighted by atomic mass is 16.1. The maximum Gasteiger partial charge on any atom is 0.134 e. The number of benzene rings is 1. The molecule has 3 aliphatic heterocycles. The van der Waals surface area contributed by atoms with E-state index >= 15 is 0 Å². The van der Waals surface area contributed by atoms with E-state index in [0.717, 1.165) is 37.4 Å². The van der Waals surface area contributed by atoms with Crippen LogP contribution in [0.5, 0.6) is 0 Å². The second-order valence-corrected chi connectivity index (χ2v) is 9.43. The van der Waals surface area contributed by atoms with Gasteiger partial charge in [-0.3, -0.25) is 9.69 Å². The Morgan fingerprint density at radius 1 is 1.36 bits per heavy atom. The second kappa shape index (κ2) is 6.68. The molecule has 1 aromatic heterocycles. The lowest BCUT2D eigenvalue weighted by atomic mass is 9.56. The van der Waals surface area contributed by atoms with Crippen LogP contribution < -0.4 is 11.5 Å². The molecule has 150 valence electrons. The largest absolute Gasteiger partial charge is 0.358 e. The van der Waals surface area contributed by atoms with Crippen LogP contribution in [-0.4, -0.2) is 47.9 Å². The molecule has 4 bridgehead atoms.